The molecule has 0 aliphatic rings. The summed E-state index contributed by atoms with van der Waals surface area (Å²) in [7, 11) is 0. The van der Waals surface area contributed by atoms with E-state index in [0.29, 0.717) is 0 Å². The Labute approximate surface area is 60.9 Å². The van der Waals surface area contributed by atoms with Gasteiger partial charge in [-0.05, 0) is 19.4 Å². The van der Waals surface area contributed by atoms with E-state index in [4.69, 9.17) is 5.11 Å². The summed E-state index contributed by atoms with van der Waals surface area (Å²) in [6.07, 6.45) is 3.67. The van der Waals surface area contributed by atoms with Crippen LogP contribution in [0.4, 0.5) is 0 Å². The van der Waals surface area contributed by atoms with E-state index in [2.05, 4.69) is 5.73 Å². The fourth-order valence-corrected chi connectivity index (χ4v) is 0.431. The fraction of sp³-hybridized carbons (Fsp3) is 0.500. The summed E-state index contributed by atoms with van der Waals surface area (Å²) in [5, 5.41) is 8.36. The standard InChI is InChI=1S/C8H12O2/c1-3-4-5-6-7(2)8(9)10/h5H,3-4H2,1-2H3,(H,9,10). The third-order valence-electron chi connectivity index (χ3n) is 1.07. The minimum atomic E-state index is -0.896. The average Bonchev–Trinajstić information content (AvgIpc) is 1.88. The van der Waals surface area contributed by atoms with Crippen molar-refractivity contribution in [1.29, 1.82) is 0 Å². The number of rotatable bonds is 3. The molecule has 0 fully saturated rings. The van der Waals surface area contributed by atoms with Crippen molar-refractivity contribution in [3.8, 4) is 0 Å². The molecule has 2 heteroatoms. The van der Waals surface area contributed by atoms with Gasteiger partial charge in [0.1, 0.15) is 0 Å². The van der Waals surface area contributed by atoms with E-state index in [1.807, 2.05) is 6.92 Å². The van der Waals surface area contributed by atoms with Crippen molar-refractivity contribution in [3.63, 3.8) is 0 Å². The summed E-state index contributed by atoms with van der Waals surface area (Å²) >= 11 is 0. The predicted molar refractivity (Wildman–Crippen MR) is 39.8 cm³/mol. The molecule has 0 heterocycles. The molecule has 0 aromatic heterocycles. The van der Waals surface area contributed by atoms with Crippen molar-refractivity contribution < 1.29 is 9.90 Å². The first-order chi connectivity index (χ1) is 4.68. The zero-order valence-corrected chi connectivity index (χ0v) is 6.35. The molecule has 0 atom stereocenters. The van der Waals surface area contributed by atoms with Crippen LogP contribution in [0, 0.1) is 0 Å². The van der Waals surface area contributed by atoms with Gasteiger partial charge in [-0.25, -0.2) is 4.79 Å². The van der Waals surface area contributed by atoms with Gasteiger partial charge in [-0.15, -0.1) is 5.73 Å². The van der Waals surface area contributed by atoms with Crippen LogP contribution in [0.25, 0.3) is 0 Å². The van der Waals surface area contributed by atoms with Crippen LogP contribution in [-0.2, 0) is 4.79 Å². The van der Waals surface area contributed by atoms with E-state index in [-0.39, 0.29) is 5.57 Å². The smallest absolute Gasteiger partial charge is 0.339 e. The van der Waals surface area contributed by atoms with Gasteiger partial charge in [0.25, 0.3) is 0 Å². The molecule has 0 unspecified atom stereocenters. The van der Waals surface area contributed by atoms with Gasteiger partial charge in [0.2, 0.25) is 0 Å². The summed E-state index contributed by atoms with van der Waals surface area (Å²) in [4.78, 5) is 10.2. The Balaban J connectivity index is 4.01. The second-order valence-corrected chi connectivity index (χ2v) is 2.07. The summed E-state index contributed by atoms with van der Waals surface area (Å²) < 4.78 is 0. The van der Waals surface area contributed by atoms with Crippen LogP contribution in [-0.4, -0.2) is 11.1 Å². The summed E-state index contributed by atoms with van der Waals surface area (Å²) in [6.45, 7) is 3.57. The van der Waals surface area contributed by atoms with Gasteiger partial charge < -0.3 is 5.11 Å². The number of hydrogen-bond donors (Lipinski definition) is 1. The molecule has 0 spiro atoms. The minimum absolute atomic E-state index is 0.272. The lowest BCUT2D eigenvalue weighted by Gasteiger charge is -1.83. The van der Waals surface area contributed by atoms with Crippen LogP contribution < -0.4 is 0 Å². The zero-order chi connectivity index (χ0) is 7.98. The fourth-order valence-electron chi connectivity index (χ4n) is 0.431. The van der Waals surface area contributed by atoms with E-state index < -0.39 is 5.97 Å². The Morgan fingerprint density at radius 2 is 2.30 bits per heavy atom. The molecule has 0 aliphatic carbocycles. The van der Waals surface area contributed by atoms with E-state index in [0.717, 1.165) is 12.8 Å². The largest absolute Gasteiger partial charge is 0.477 e. The number of aliphatic carboxylic acids is 1. The Hall–Kier alpha value is -1.01. The Morgan fingerprint density at radius 3 is 2.70 bits per heavy atom. The van der Waals surface area contributed by atoms with E-state index >= 15 is 0 Å². The normalized spacial score (nSPS) is 8.20. The van der Waals surface area contributed by atoms with E-state index in [1.165, 1.54) is 6.92 Å². The van der Waals surface area contributed by atoms with Gasteiger partial charge in [-0.1, -0.05) is 13.3 Å². The zero-order valence-electron chi connectivity index (χ0n) is 6.35. The maximum atomic E-state index is 10.2. The van der Waals surface area contributed by atoms with Crippen molar-refractivity contribution in [1.82, 2.24) is 0 Å². The molecular formula is C8H12O2. The lowest BCUT2D eigenvalue weighted by atomic mass is 10.3. The van der Waals surface area contributed by atoms with Crippen molar-refractivity contribution in [2.75, 3.05) is 0 Å². The third kappa shape index (κ3) is 3.93. The highest BCUT2D eigenvalue weighted by Gasteiger charge is 1.94. The number of carbonyl (C=O) groups is 1. The summed E-state index contributed by atoms with van der Waals surface area (Å²) in [6, 6.07) is 0. The molecule has 0 aromatic carbocycles. The molecule has 10 heavy (non-hydrogen) atoms. The van der Waals surface area contributed by atoms with Crippen molar-refractivity contribution in [3.05, 3.63) is 17.4 Å². The van der Waals surface area contributed by atoms with Crippen LogP contribution in [0.1, 0.15) is 26.7 Å². The molecule has 1 N–H and O–H groups in total. The summed E-state index contributed by atoms with van der Waals surface area (Å²) in [5.74, 6) is -0.896. The summed E-state index contributed by atoms with van der Waals surface area (Å²) in [5.41, 5.74) is 2.95. The van der Waals surface area contributed by atoms with Gasteiger partial charge >= 0.3 is 5.97 Å². The number of carboxylic acids is 1. The molecule has 0 radical (unpaired) electrons. The number of carboxylic acid groups (broad SMARTS) is 1. The third-order valence-corrected chi connectivity index (χ3v) is 1.07. The highest BCUT2D eigenvalue weighted by molar-refractivity contribution is 5.85. The lowest BCUT2D eigenvalue weighted by molar-refractivity contribution is -0.132. The molecule has 0 aliphatic heterocycles. The first-order valence-electron chi connectivity index (χ1n) is 3.33. The quantitative estimate of drug-likeness (QED) is 0.480. The highest BCUT2D eigenvalue weighted by Crippen LogP contribution is 1.91. The average molecular weight is 140 g/mol. The van der Waals surface area contributed by atoms with E-state index in [9.17, 15) is 4.79 Å². The van der Waals surface area contributed by atoms with Crippen molar-refractivity contribution in [2.24, 2.45) is 0 Å². The first kappa shape index (κ1) is 8.99. The first-order valence-corrected chi connectivity index (χ1v) is 3.33. The highest BCUT2D eigenvalue weighted by atomic mass is 16.4. The van der Waals surface area contributed by atoms with Gasteiger partial charge in [0.05, 0.1) is 5.57 Å². The minimum Gasteiger partial charge on any atom is -0.477 e. The van der Waals surface area contributed by atoms with Crippen molar-refractivity contribution in [2.45, 2.75) is 26.7 Å². The number of hydrogen-bond acceptors (Lipinski definition) is 1. The molecule has 0 aromatic rings. The van der Waals surface area contributed by atoms with Gasteiger partial charge in [-0.2, -0.15) is 0 Å². The maximum absolute atomic E-state index is 10.2. The molecule has 56 valence electrons. The predicted octanol–water partition coefficient (Wildman–Crippen LogP) is 1.97. The molecule has 0 bridgehead atoms. The second-order valence-electron chi connectivity index (χ2n) is 2.07. The van der Waals surface area contributed by atoms with Gasteiger partial charge in [0, 0.05) is 0 Å². The monoisotopic (exact) mass is 140 g/mol. The van der Waals surface area contributed by atoms with Gasteiger partial charge in [-0.3, -0.25) is 0 Å². The SMILES string of the molecule is CCCC=C=C(C)C(=O)O. The lowest BCUT2D eigenvalue weighted by Crippen LogP contribution is -1.93. The van der Waals surface area contributed by atoms with E-state index in [1.54, 1.807) is 6.08 Å². The molecule has 0 saturated heterocycles. The molecule has 2 nitrogen and oxygen atoms in total. The Kier molecular flexibility index (Phi) is 4.34. The molecule has 0 amide bonds. The van der Waals surface area contributed by atoms with Crippen LogP contribution in [0.15, 0.2) is 17.4 Å². The van der Waals surface area contributed by atoms with Crippen LogP contribution in [0.2, 0.25) is 0 Å². The molecule has 0 rings (SSSR count). The number of unbranched alkanes of at least 4 members (excludes halogenated alkanes) is 1. The second kappa shape index (κ2) is 4.83. The Morgan fingerprint density at radius 1 is 1.70 bits per heavy atom. The maximum Gasteiger partial charge on any atom is 0.339 e. The van der Waals surface area contributed by atoms with Crippen LogP contribution in [0.5, 0.6) is 0 Å². The Bertz CT molecular complexity index is 174. The van der Waals surface area contributed by atoms with Gasteiger partial charge in [0.15, 0.2) is 0 Å². The van der Waals surface area contributed by atoms with Crippen LogP contribution in [0.3, 0.4) is 0 Å². The topological polar surface area (TPSA) is 37.3 Å². The van der Waals surface area contributed by atoms with Crippen LogP contribution >= 0.6 is 0 Å². The molecular weight excluding hydrogens is 128 g/mol. The van der Waals surface area contributed by atoms with Crippen molar-refractivity contribution >= 4 is 5.97 Å². The molecule has 0 saturated carbocycles.